The lowest BCUT2D eigenvalue weighted by atomic mass is 10.1. The molecular formula is C14H19N5O. The van der Waals surface area contributed by atoms with Gasteiger partial charge in [0.15, 0.2) is 5.84 Å². The Morgan fingerprint density at radius 1 is 1.35 bits per heavy atom. The summed E-state index contributed by atoms with van der Waals surface area (Å²) in [7, 11) is 0. The first-order chi connectivity index (χ1) is 9.79. The molecule has 0 fully saturated rings. The van der Waals surface area contributed by atoms with Gasteiger partial charge in [0.2, 0.25) is 0 Å². The van der Waals surface area contributed by atoms with E-state index >= 15 is 0 Å². The van der Waals surface area contributed by atoms with Gasteiger partial charge in [-0.2, -0.15) is 5.10 Å². The Hall–Kier alpha value is -2.34. The smallest absolute Gasteiger partial charge is 0.170 e. The van der Waals surface area contributed by atoms with Crippen molar-refractivity contribution in [3.05, 3.63) is 53.9 Å². The van der Waals surface area contributed by atoms with Crippen LogP contribution in [0.5, 0.6) is 0 Å². The molecule has 0 bridgehead atoms. The second-order valence-electron chi connectivity index (χ2n) is 4.48. The molecule has 0 spiro atoms. The minimum Gasteiger partial charge on any atom is -0.409 e. The molecule has 0 aliphatic carbocycles. The van der Waals surface area contributed by atoms with Gasteiger partial charge in [-0.15, -0.1) is 0 Å². The summed E-state index contributed by atoms with van der Waals surface area (Å²) in [6.07, 6.45) is 4.78. The minimum absolute atomic E-state index is 0.128. The van der Waals surface area contributed by atoms with E-state index in [1.54, 1.807) is 6.20 Å². The fraction of sp³-hybridized carbons (Fsp3) is 0.286. The van der Waals surface area contributed by atoms with E-state index in [1.165, 1.54) is 5.56 Å². The lowest BCUT2D eigenvalue weighted by Crippen LogP contribution is -2.17. The lowest BCUT2D eigenvalue weighted by molar-refractivity contribution is 0.318. The molecule has 0 aliphatic rings. The topological polar surface area (TPSA) is 88.5 Å². The second-order valence-corrected chi connectivity index (χ2v) is 4.48. The number of benzene rings is 1. The molecular weight excluding hydrogens is 254 g/mol. The molecule has 1 heterocycles. The molecule has 1 aromatic carbocycles. The summed E-state index contributed by atoms with van der Waals surface area (Å²) < 4.78 is 1.92. The van der Waals surface area contributed by atoms with E-state index in [0.29, 0.717) is 0 Å². The summed E-state index contributed by atoms with van der Waals surface area (Å²) in [6.45, 7) is 2.65. The molecule has 2 aromatic rings. The Bertz CT molecular complexity index is 533. The molecule has 20 heavy (non-hydrogen) atoms. The number of nitrogens with one attached hydrogen (secondary N) is 1. The predicted octanol–water partition coefficient (Wildman–Crippen LogP) is 1.16. The largest absolute Gasteiger partial charge is 0.409 e. The standard InChI is InChI=1S/C14H19N5O/c15-14(18-20)13-5-3-12(4-6-13)11-16-7-1-9-19-10-2-8-17-19/h2-6,8,10,16,20H,1,7,9,11H2,(H2,15,18). The molecule has 6 nitrogen and oxygen atoms in total. The summed E-state index contributed by atoms with van der Waals surface area (Å²) in [5.41, 5.74) is 7.39. The highest BCUT2D eigenvalue weighted by Crippen LogP contribution is 2.04. The molecule has 0 atom stereocenters. The van der Waals surface area contributed by atoms with Crippen molar-refractivity contribution >= 4 is 5.84 Å². The van der Waals surface area contributed by atoms with Crippen LogP contribution in [-0.2, 0) is 13.1 Å². The van der Waals surface area contributed by atoms with E-state index in [0.717, 1.165) is 31.6 Å². The zero-order valence-corrected chi connectivity index (χ0v) is 11.2. The molecule has 0 saturated heterocycles. The highest BCUT2D eigenvalue weighted by atomic mass is 16.4. The maximum absolute atomic E-state index is 8.58. The summed E-state index contributed by atoms with van der Waals surface area (Å²) in [5.74, 6) is 0.128. The van der Waals surface area contributed by atoms with Crippen LogP contribution in [0.1, 0.15) is 17.5 Å². The Kier molecular flexibility index (Phi) is 5.14. The van der Waals surface area contributed by atoms with Crippen LogP contribution in [-0.4, -0.2) is 27.4 Å². The van der Waals surface area contributed by atoms with Crippen LogP contribution in [0.25, 0.3) is 0 Å². The Balaban J connectivity index is 1.69. The van der Waals surface area contributed by atoms with Crippen LogP contribution in [0.15, 0.2) is 47.9 Å². The van der Waals surface area contributed by atoms with Gasteiger partial charge in [-0.25, -0.2) is 0 Å². The maximum Gasteiger partial charge on any atom is 0.170 e. The molecule has 2 rings (SSSR count). The quantitative estimate of drug-likeness (QED) is 0.232. The van der Waals surface area contributed by atoms with Crippen LogP contribution < -0.4 is 11.1 Å². The number of nitrogens with two attached hydrogens (primary N) is 1. The van der Waals surface area contributed by atoms with Gasteiger partial charge in [0.05, 0.1) is 0 Å². The van der Waals surface area contributed by atoms with Crippen LogP contribution >= 0.6 is 0 Å². The summed E-state index contributed by atoms with van der Waals surface area (Å²) in [5, 5.41) is 19.1. The normalized spacial score (nSPS) is 11.7. The van der Waals surface area contributed by atoms with Crippen LogP contribution in [0.2, 0.25) is 0 Å². The number of oxime groups is 1. The van der Waals surface area contributed by atoms with Gasteiger partial charge in [-0.3, -0.25) is 4.68 Å². The van der Waals surface area contributed by atoms with Crippen molar-refractivity contribution in [1.29, 1.82) is 0 Å². The van der Waals surface area contributed by atoms with E-state index in [4.69, 9.17) is 10.9 Å². The molecule has 106 valence electrons. The van der Waals surface area contributed by atoms with E-state index in [9.17, 15) is 0 Å². The highest BCUT2D eigenvalue weighted by Gasteiger charge is 1.99. The van der Waals surface area contributed by atoms with Crippen LogP contribution in [0, 0.1) is 0 Å². The van der Waals surface area contributed by atoms with Gasteiger partial charge in [0.25, 0.3) is 0 Å². The Morgan fingerprint density at radius 3 is 2.80 bits per heavy atom. The molecule has 0 amide bonds. The van der Waals surface area contributed by atoms with Crippen molar-refractivity contribution in [2.45, 2.75) is 19.5 Å². The average molecular weight is 273 g/mol. The van der Waals surface area contributed by atoms with Crippen molar-refractivity contribution in [2.75, 3.05) is 6.54 Å². The fourth-order valence-corrected chi connectivity index (χ4v) is 1.88. The van der Waals surface area contributed by atoms with Crippen molar-refractivity contribution in [3.8, 4) is 0 Å². The van der Waals surface area contributed by atoms with Crippen molar-refractivity contribution in [3.63, 3.8) is 0 Å². The SMILES string of the molecule is N/C(=N/O)c1ccc(CNCCCn2cccn2)cc1. The Morgan fingerprint density at radius 2 is 2.15 bits per heavy atom. The number of nitrogens with zero attached hydrogens (tertiary/aromatic N) is 3. The highest BCUT2D eigenvalue weighted by molar-refractivity contribution is 5.96. The lowest BCUT2D eigenvalue weighted by Gasteiger charge is -2.06. The van der Waals surface area contributed by atoms with Gasteiger partial charge < -0.3 is 16.3 Å². The molecule has 0 unspecified atom stereocenters. The molecule has 4 N–H and O–H groups in total. The number of amidine groups is 1. The van der Waals surface area contributed by atoms with E-state index in [1.807, 2.05) is 41.2 Å². The Labute approximate surface area is 117 Å². The van der Waals surface area contributed by atoms with E-state index in [-0.39, 0.29) is 5.84 Å². The third kappa shape index (κ3) is 4.10. The minimum atomic E-state index is 0.128. The number of rotatable bonds is 7. The van der Waals surface area contributed by atoms with E-state index in [2.05, 4.69) is 15.6 Å². The van der Waals surface area contributed by atoms with Crippen molar-refractivity contribution in [1.82, 2.24) is 15.1 Å². The fourth-order valence-electron chi connectivity index (χ4n) is 1.88. The third-order valence-corrected chi connectivity index (χ3v) is 2.99. The zero-order valence-electron chi connectivity index (χ0n) is 11.2. The first kappa shape index (κ1) is 14.1. The molecule has 0 aliphatic heterocycles. The van der Waals surface area contributed by atoms with Crippen LogP contribution in [0.3, 0.4) is 0 Å². The molecule has 6 heteroatoms. The monoisotopic (exact) mass is 273 g/mol. The number of hydrogen-bond donors (Lipinski definition) is 3. The van der Waals surface area contributed by atoms with Gasteiger partial charge in [0, 0.05) is 31.0 Å². The van der Waals surface area contributed by atoms with Gasteiger partial charge in [-0.05, 0) is 24.6 Å². The zero-order chi connectivity index (χ0) is 14.2. The first-order valence-corrected chi connectivity index (χ1v) is 6.54. The average Bonchev–Trinajstić information content (AvgIpc) is 3.00. The molecule has 1 aromatic heterocycles. The summed E-state index contributed by atoms with van der Waals surface area (Å²) in [6, 6.07) is 9.55. The number of aryl methyl sites for hydroxylation is 1. The predicted molar refractivity (Wildman–Crippen MR) is 77.5 cm³/mol. The molecule has 0 saturated carbocycles. The summed E-state index contributed by atoms with van der Waals surface area (Å²) in [4.78, 5) is 0. The van der Waals surface area contributed by atoms with Crippen molar-refractivity contribution in [2.24, 2.45) is 10.9 Å². The number of hydrogen-bond acceptors (Lipinski definition) is 4. The van der Waals surface area contributed by atoms with Crippen LogP contribution in [0.4, 0.5) is 0 Å². The second kappa shape index (κ2) is 7.30. The van der Waals surface area contributed by atoms with Gasteiger partial charge >= 0.3 is 0 Å². The molecule has 0 radical (unpaired) electrons. The number of aromatic nitrogens is 2. The van der Waals surface area contributed by atoms with Gasteiger partial charge in [-0.1, -0.05) is 29.4 Å². The van der Waals surface area contributed by atoms with Gasteiger partial charge in [0.1, 0.15) is 0 Å². The first-order valence-electron chi connectivity index (χ1n) is 6.54. The third-order valence-electron chi connectivity index (χ3n) is 2.99. The van der Waals surface area contributed by atoms with E-state index < -0.39 is 0 Å². The summed E-state index contributed by atoms with van der Waals surface area (Å²) >= 11 is 0. The maximum atomic E-state index is 8.58. The van der Waals surface area contributed by atoms with Crippen molar-refractivity contribution < 1.29 is 5.21 Å².